The number of hydrogen-bond donors (Lipinski definition) is 1. The summed E-state index contributed by atoms with van der Waals surface area (Å²) in [5, 5.41) is 7.61. The van der Waals surface area contributed by atoms with E-state index in [-0.39, 0.29) is 34.0 Å². The van der Waals surface area contributed by atoms with Gasteiger partial charge in [0, 0.05) is 11.3 Å². The maximum absolute atomic E-state index is 14.6. The number of anilines is 1. The normalized spacial score (nSPS) is 17.2. The summed E-state index contributed by atoms with van der Waals surface area (Å²) in [4.78, 5) is 17.9. The molecule has 2 aromatic heterocycles. The van der Waals surface area contributed by atoms with Gasteiger partial charge in [-0.2, -0.15) is 5.10 Å². The molecule has 174 valence electrons. The molecule has 3 heterocycles. The maximum Gasteiger partial charge on any atom is 0.256 e. The zero-order chi connectivity index (χ0) is 24.0. The van der Waals surface area contributed by atoms with Gasteiger partial charge in [-0.3, -0.25) is 4.79 Å². The van der Waals surface area contributed by atoms with E-state index in [1.165, 1.54) is 35.0 Å². The summed E-state index contributed by atoms with van der Waals surface area (Å²) in [6, 6.07) is 12.6. The van der Waals surface area contributed by atoms with Crippen molar-refractivity contribution >= 4 is 32.5 Å². The number of hydrogen-bond acceptors (Lipinski definition) is 5. The Kier molecular flexibility index (Phi) is 5.40. The smallest absolute Gasteiger partial charge is 0.256 e. The number of nitrogens with one attached hydrogen (secondary N) is 1. The molecule has 1 N–H and O–H groups in total. The third-order valence-electron chi connectivity index (χ3n) is 5.87. The highest BCUT2D eigenvalue weighted by Gasteiger charge is 2.32. The number of benzene rings is 2. The van der Waals surface area contributed by atoms with Gasteiger partial charge in [0.15, 0.2) is 15.5 Å². The van der Waals surface area contributed by atoms with Crippen LogP contribution in [0.15, 0.2) is 54.6 Å². The highest BCUT2D eigenvalue weighted by molar-refractivity contribution is 7.91. The Morgan fingerprint density at radius 3 is 2.62 bits per heavy atom. The molecule has 1 atom stereocenters. The Morgan fingerprint density at radius 2 is 1.91 bits per heavy atom. The second-order valence-electron chi connectivity index (χ2n) is 8.28. The van der Waals surface area contributed by atoms with Crippen LogP contribution in [0.3, 0.4) is 0 Å². The van der Waals surface area contributed by atoms with Crippen molar-refractivity contribution in [3.05, 3.63) is 77.5 Å². The molecule has 0 radical (unpaired) electrons. The zero-order valence-electron chi connectivity index (χ0n) is 18.1. The van der Waals surface area contributed by atoms with Crippen molar-refractivity contribution in [2.75, 3.05) is 16.8 Å². The molecule has 1 unspecified atom stereocenters. The minimum atomic E-state index is -3.21. The van der Waals surface area contributed by atoms with E-state index in [0.717, 1.165) is 0 Å². The molecule has 10 heteroatoms. The van der Waals surface area contributed by atoms with Crippen LogP contribution in [0, 0.1) is 18.6 Å². The zero-order valence-corrected chi connectivity index (χ0v) is 18.9. The third-order valence-corrected chi connectivity index (χ3v) is 7.62. The first-order chi connectivity index (χ1) is 16.2. The van der Waals surface area contributed by atoms with Gasteiger partial charge in [0.25, 0.3) is 5.91 Å². The summed E-state index contributed by atoms with van der Waals surface area (Å²) >= 11 is 0. The highest BCUT2D eigenvalue weighted by Crippen LogP contribution is 2.33. The van der Waals surface area contributed by atoms with Gasteiger partial charge >= 0.3 is 0 Å². The number of fused-ring (bicyclic) bond motifs is 1. The number of nitrogens with zero attached hydrogens (tertiary/aromatic N) is 3. The molecule has 4 aromatic rings. The summed E-state index contributed by atoms with van der Waals surface area (Å²) in [5.41, 5.74) is 1.61. The minimum Gasteiger partial charge on any atom is -0.322 e. The topological polar surface area (TPSA) is 93.9 Å². The largest absolute Gasteiger partial charge is 0.322 e. The van der Waals surface area contributed by atoms with Gasteiger partial charge in [-0.15, -0.1) is 0 Å². The van der Waals surface area contributed by atoms with Crippen molar-refractivity contribution in [3.63, 3.8) is 0 Å². The van der Waals surface area contributed by atoms with Gasteiger partial charge in [0.05, 0.1) is 39.9 Å². The van der Waals surface area contributed by atoms with Crippen LogP contribution < -0.4 is 5.32 Å². The van der Waals surface area contributed by atoms with Crippen molar-refractivity contribution in [3.8, 4) is 11.3 Å². The number of aromatic nitrogens is 3. The summed E-state index contributed by atoms with van der Waals surface area (Å²) < 4.78 is 54.0. The molecule has 0 spiro atoms. The minimum absolute atomic E-state index is 0.0397. The molecule has 2 aromatic carbocycles. The molecule has 0 aliphatic carbocycles. The molecule has 0 saturated carbocycles. The van der Waals surface area contributed by atoms with Crippen LogP contribution in [-0.2, 0) is 9.84 Å². The van der Waals surface area contributed by atoms with Crippen LogP contribution in [0.1, 0.15) is 28.5 Å². The molecule has 34 heavy (non-hydrogen) atoms. The van der Waals surface area contributed by atoms with E-state index in [2.05, 4.69) is 15.4 Å². The van der Waals surface area contributed by atoms with Gasteiger partial charge in [0.1, 0.15) is 11.6 Å². The average molecular weight is 483 g/mol. The van der Waals surface area contributed by atoms with E-state index in [1.54, 1.807) is 31.2 Å². The summed E-state index contributed by atoms with van der Waals surface area (Å²) in [7, 11) is -3.21. The van der Waals surface area contributed by atoms with E-state index >= 15 is 0 Å². The number of halogens is 2. The summed E-state index contributed by atoms with van der Waals surface area (Å²) in [6.45, 7) is 1.70. The molecule has 0 bridgehead atoms. The molecule has 1 aliphatic rings. The Bertz CT molecular complexity index is 1550. The van der Waals surface area contributed by atoms with Gasteiger partial charge in [-0.05, 0) is 49.7 Å². The standard InChI is InChI=1S/C24H20F2N4O3S/c1-14-22-19(24(31)27-16-6-4-5-15(25)11-16)12-21(18-7-2-3-8-20(18)26)28-23(22)30(29-14)17-9-10-34(32,33)13-17/h2-8,11-12,17H,9-10,13H2,1H3,(H,27,31). The monoisotopic (exact) mass is 482 g/mol. The Hall–Kier alpha value is -3.66. The van der Waals surface area contributed by atoms with Crippen molar-refractivity contribution in [2.24, 2.45) is 0 Å². The molecule has 5 rings (SSSR count). The van der Waals surface area contributed by atoms with Gasteiger partial charge in [0.2, 0.25) is 0 Å². The Labute approximate surface area is 194 Å². The fraction of sp³-hybridized carbons (Fsp3) is 0.208. The molecule has 7 nitrogen and oxygen atoms in total. The van der Waals surface area contributed by atoms with Crippen LogP contribution in [0.5, 0.6) is 0 Å². The number of carbonyl (C=O) groups excluding carboxylic acids is 1. The first-order valence-electron chi connectivity index (χ1n) is 10.6. The van der Waals surface area contributed by atoms with Crippen molar-refractivity contribution in [1.29, 1.82) is 0 Å². The lowest BCUT2D eigenvalue weighted by atomic mass is 10.0. The summed E-state index contributed by atoms with van der Waals surface area (Å²) in [6.07, 6.45) is 0.370. The van der Waals surface area contributed by atoms with Crippen LogP contribution in [-0.4, -0.2) is 40.6 Å². The second-order valence-corrected chi connectivity index (χ2v) is 10.5. The van der Waals surface area contributed by atoms with E-state index in [1.807, 2.05) is 0 Å². The van der Waals surface area contributed by atoms with E-state index in [0.29, 0.717) is 23.1 Å². The van der Waals surface area contributed by atoms with Crippen molar-refractivity contribution in [1.82, 2.24) is 14.8 Å². The van der Waals surface area contributed by atoms with Crippen LogP contribution in [0.25, 0.3) is 22.3 Å². The highest BCUT2D eigenvalue weighted by atomic mass is 32.2. The first-order valence-corrected chi connectivity index (χ1v) is 12.5. The van der Waals surface area contributed by atoms with E-state index in [9.17, 15) is 22.0 Å². The second kappa shape index (κ2) is 8.28. The lowest BCUT2D eigenvalue weighted by molar-refractivity contribution is 0.102. The molecule has 1 saturated heterocycles. The van der Waals surface area contributed by atoms with Crippen LogP contribution >= 0.6 is 0 Å². The maximum atomic E-state index is 14.6. The fourth-order valence-corrected chi connectivity index (χ4v) is 5.98. The molecular weight excluding hydrogens is 462 g/mol. The van der Waals surface area contributed by atoms with E-state index < -0.39 is 33.4 Å². The number of aryl methyl sites for hydroxylation is 1. The van der Waals surface area contributed by atoms with Crippen LogP contribution in [0.2, 0.25) is 0 Å². The number of sulfone groups is 1. The fourth-order valence-electron chi connectivity index (χ4n) is 4.29. The molecular formula is C24H20F2N4O3S. The van der Waals surface area contributed by atoms with E-state index in [4.69, 9.17) is 0 Å². The molecule has 1 fully saturated rings. The Morgan fingerprint density at radius 1 is 1.12 bits per heavy atom. The van der Waals surface area contributed by atoms with Crippen LogP contribution in [0.4, 0.5) is 14.5 Å². The average Bonchev–Trinajstić information content (AvgIpc) is 3.32. The van der Waals surface area contributed by atoms with Gasteiger partial charge in [-0.25, -0.2) is 26.9 Å². The molecule has 1 amide bonds. The number of amides is 1. The SMILES string of the molecule is Cc1nn(C2CCS(=O)(=O)C2)c2nc(-c3ccccc3F)cc(C(=O)Nc3cccc(F)c3)c12. The van der Waals surface area contributed by atoms with Gasteiger partial charge < -0.3 is 5.32 Å². The number of pyridine rings is 1. The quantitative estimate of drug-likeness (QED) is 0.468. The lowest BCUT2D eigenvalue weighted by Crippen LogP contribution is -2.15. The van der Waals surface area contributed by atoms with Crippen molar-refractivity contribution in [2.45, 2.75) is 19.4 Å². The Balaban J connectivity index is 1.70. The third kappa shape index (κ3) is 4.05. The molecule has 1 aliphatic heterocycles. The first kappa shape index (κ1) is 22.1. The number of rotatable bonds is 4. The van der Waals surface area contributed by atoms with Crippen molar-refractivity contribution < 1.29 is 22.0 Å². The summed E-state index contributed by atoms with van der Waals surface area (Å²) in [5.74, 6) is -1.61. The number of carbonyl (C=O) groups is 1. The predicted molar refractivity (Wildman–Crippen MR) is 124 cm³/mol. The lowest BCUT2D eigenvalue weighted by Gasteiger charge is -2.13. The predicted octanol–water partition coefficient (Wildman–Crippen LogP) is 4.30. The van der Waals surface area contributed by atoms with Gasteiger partial charge in [-0.1, -0.05) is 18.2 Å².